The molecule has 1 unspecified atom stereocenters. The highest BCUT2D eigenvalue weighted by atomic mass is 79.9. The summed E-state index contributed by atoms with van der Waals surface area (Å²) in [5.74, 6) is -0.309. The van der Waals surface area contributed by atoms with Gasteiger partial charge in [-0.2, -0.15) is 0 Å². The van der Waals surface area contributed by atoms with Crippen molar-refractivity contribution in [1.82, 2.24) is 0 Å². The number of ether oxygens (including phenoxy) is 1. The van der Waals surface area contributed by atoms with Crippen LogP contribution >= 0.6 is 27.5 Å². The van der Waals surface area contributed by atoms with Crippen molar-refractivity contribution in [2.75, 3.05) is 6.61 Å². The zero-order valence-electron chi connectivity index (χ0n) is 11.0. The molecule has 1 atom stereocenters. The lowest BCUT2D eigenvalue weighted by Crippen LogP contribution is -2.03. The Bertz CT molecular complexity index is 670. The van der Waals surface area contributed by atoms with E-state index in [1.165, 1.54) is 18.2 Å². The summed E-state index contributed by atoms with van der Waals surface area (Å²) in [7, 11) is 0. The van der Waals surface area contributed by atoms with Crippen LogP contribution in [0.4, 0.5) is 8.78 Å². The second kappa shape index (κ2) is 5.93. The first kappa shape index (κ1) is 14.8. The van der Waals surface area contributed by atoms with E-state index >= 15 is 0 Å². The van der Waals surface area contributed by atoms with Crippen LogP contribution < -0.4 is 4.74 Å². The minimum absolute atomic E-state index is 0.0612. The van der Waals surface area contributed by atoms with Crippen molar-refractivity contribution in [3.05, 3.63) is 63.7 Å². The molecule has 0 fully saturated rings. The van der Waals surface area contributed by atoms with E-state index in [1.807, 2.05) is 6.07 Å². The molecule has 0 N–H and O–H groups in total. The van der Waals surface area contributed by atoms with Gasteiger partial charge in [-0.15, -0.1) is 0 Å². The maximum Gasteiger partial charge on any atom is 0.129 e. The second-order valence-electron chi connectivity index (χ2n) is 4.95. The molecule has 2 aromatic rings. The van der Waals surface area contributed by atoms with Gasteiger partial charge in [0.25, 0.3) is 0 Å². The summed E-state index contributed by atoms with van der Waals surface area (Å²) < 4.78 is 33.2. The molecular weight excluding hydrogens is 362 g/mol. The van der Waals surface area contributed by atoms with Gasteiger partial charge in [0.2, 0.25) is 0 Å². The molecule has 21 heavy (non-hydrogen) atoms. The zero-order chi connectivity index (χ0) is 15.0. The molecule has 0 aliphatic carbocycles. The summed E-state index contributed by atoms with van der Waals surface area (Å²) in [5.41, 5.74) is 1.93. The molecule has 1 aliphatic rings. The van der Waals surface area contributed by atoms with Gasteiger partial charge in [-0.1, -0.05) is 33.6 Å². The van der Waals surface area contributed by atoms with E-state index in [0.29, 0.717) is 11.6 Å². The summed E-state index contributed by atoms with van der Waals surface area (Å²) in [6.07, 6.45) is 0.991. The third-order valence-electron chi connectivity index (χ3n) is 3.56. The van der Waals surface area contributed by atoms with Gasteiger partial charge in [0.05, 0.1) is 6.61 Å². The molecule has 0 bridgehead atoms. The lowest BCUT2D eigenvalue weighted by atomic mass is 10.00. The molecule has 0 spiro atoms. The minimum atomic E-state index is -0.543. The fraction of sp³-hybridized carbons (Fsp3) is 0.250. The van der Waals surface area contributed by atoms with E-state index in [2.05, 4.69) is 15.9 Å². The molecule has 1 nitrogen and oxygen atoms in total. The van der Waals surface area contributed by atoms with Crippen molar-refractivity contribution in [2.24, 2.45) is 0 Å². The van der Waals surface area contributed by atoms with Gasteiger partial charge in [0.1, 0.15) is 17.4 Å². The summed E-state index contributed by atoms with van der Waals surface area (Å²) in [4.78, 5) is -0.269. The molecule has 1 heterocycles. The Morgan fingerprint density at radius 2 is 1.95 bits per heavy atom. The van der Waals surface area contributed by atoms with Crippen molar-refractivity contribution in [2.45, 2.75) is 17.7 Å². The van der Waals surface area contributed by atoms with Crippen LogP contribution in [-0.4, -0.2) is 6.61 Å². The number of alkyl halides is 1. The molecule has 1 aliphatic heterocycles. The van der Waals surface area contributed by atoms with Crippen LogP contribution in [0.3, 0.4) is 0 Å². The highest BCUT2D eigenvalue weighted by Gasteiger charge is 2.23. The first-order valence-electron chi connectivity index (χ1n) is 6.58. The fourth-order valence-corrected chi connectivity index (χ4v) is 3.46. The standard InChI is InChI=1S/C16H12BrClF2O/c17-13(8-12-14(19)2-1-3-15(12)20)11-7-10(18)6-9-4-5-21-16(9)11/h1-3,6-7,13H,4-5,8H2. The summed E-state index contributed by atoms with van der Waals surface area (Å²) >= 11 is 9.62. The Kier molecular flexibility index (Phi) is 4.18. The normalized spacial score (nSPS) is 14.7. The van der Waals surface area contributed by atoms with E-state index in [-0.39, 0.29) is 16.8 Å². The van der Waals surface area contributed by atoms with E-state index in [4.69, 9.17) is 16.3 Å². The van der Waals surface area contributed by atoms with Gasteiger partial charge in [0, 0.05) is 27.4 Å². The van der Waals surface area contributed by atoms with Crippen molar-refractivity contribution in [1.29, 1.82) is 0 Å². The van der Waals surface area contributed by atoms with Crippen molar-refractivity contribution < 1.29 is 13.5 Å². The van der Waals surface area contributed by atoms with E-state index in [9.17, 15) is 8.78 Å². The maximum atomic E-state index is 13.8. The van der Waals surface area contributed by atoms with Gasteiger partial charge >= 0.3 is 0 Å². The number of benzene rings is 2. The third kappa shape index (κ3) is 2.92. The van der Waals surface area contributed by atoms with E-state index in [1.54, 1.807) is 6.07 Å². The van der Waals surface area contributed by atoms with Gasteiger partial charge in [-0.25, -0.2) is 8.78 Å². The van der Waals surface area contributed by atoms with Gasteiger partial charge in [0.15, 0.2) is 0 Å². The third-order valence-corrected chi connectivity index (χ3v) is 4.59. The first-order valence-corrected chi connectivity index (χ1v) is 7.87. The predicted octanol–water partition coefficient (Wildman–Crippen LogP) is 5.23. The second-order valence-corrected chi connectivity index (χ2v) is 6.50. The summed E-state index contributed by atoms with van der Waals surface area (Å²) in [6.45, 7) is 0.608. The van der Waals surface area contributed by atoms with Gasteiger partial charge in [-0.3, -0.25) is 0 Å². The average molecular weight is 374 g/mol. The molecular formula is C16H12BrClF2O. The number of halogens is 4. The molecule has 0 aromatic heterocycles. The summed E-state index contributed by atoms with van der Waals surface area (Å²) in [6, 6.07) is 7.53. The zero-order valence-corrected chi connectivity index (χ0v) is 13.3. The van der Waals surface area contributed by atoms with Crippen LogP contribution in [0.25, 0.3) is 0 Å². The van der Waals surface area contributed by atoms with Crippen LogP contribution in [-0.2, 0) is 12.8 Å². The van der Waals surface area contributed by atoms with Crippen LogP contribution in [0.1, 0.15) is 21.5 Å². The lowest BCUT2D eigenvalue weighted by molar-refractivity contribution is 0.353. The monoisotopic (exact) mass is 372 g/mol. The summed E-state index contributed by atoms with van der Waals surface area (Å²) in [5, 5.41) is 0.604. The Morgan fingerprint density at radius 1 is 1.24 bits per heavy atom. The highest BCUT2D eigenvalue weighted by molar-refractivity contribution is 9.09. The fourth-order valence-electron chi connectivity index (χ4n) is 2.55. The quantitative estimate of drug-likeness (QED) is 0.669. The number of rotatable bonds is 3. The Balaban J connectivity index is 1.95. The Hall–Kier alpha value is -1.13. The number of hydrogen-bond acceptors (Lipinski definition) is 1. The maximum absolute atomic E-state index is 13.8. The van der Waals surface area contributed by atoms with Crippen LogP contribution in [0, 0.1) is 11.6 Å². The average Bonchev–Trinajstić information content (AvgIpc) is 2.90. The van der Waals surface area contributed by atoms with Crippen molar-refractivity contribution in [3.63, 3.8) is 0 Å². The van der Waals surface area contributed by atoms with Crippen LogP contribution in [0.5, 0.6) is 5.75 Å². The topological polar surface area (TPSA) is 9.23 Å². The van der Waals surface area contributed by atoms with Gasteiger partial charge in [-0.05, 0) is 36.2 Å². The molecule has 3 rings (SSSR count). The molecule has 0 amide bonds. The number of hydrogen-bond donors (Lipinski definition) is 0. The van der Waals surface area contributed by atoms with Gasteiger partial charge < -0.3 is 4.74 Å². The Labute approximate surface area is 135 Å². The smallest absolute Gasteiger partial charge is 0.129 e. The lowest BCUT2D eigenvalue weighted by Gasteiger charge is -2.15. The predicted molar refractivity (Wildman–Crippen MR) is 82.4 cm³/mol. The van der Waals surface area contributed by atoms with E-state index < -0.39 is 11.6 Å². The molecule has 5 heteroatoms. The Morgan fingerprint density at radius 3 is 2.67 bits per heavy atom. The van der Waals surface area contributed by atoms with Crippen molar-refractivity contribution in [3.8, 4) is 5.75 Å². The SMILES string of the molecule is Fc1cccc(F)c1CC(Br)c1cc(Cl)cc2c1OCC2. The molecule has 110 valence electrons. The first-order chi connectivity index (χ1) is 10.1. The minimum Gasteiger partial charge on any atom is -0.493 e. The molecule has 0 saturated carbocycles. The number of fused-ring (bicyclic) bond motifs is 1. The van der Waals surface area contributed by atoms with Crippen molar-refractivity contribution >= 4 is 27.5 Å². The molecule has 0 radical (unpaired) electrons. The van der Waals surface area contributed by atoms with Crippen LogP contribution in [0.15, 0.2) is 30.3 Å². The molecule has 2 aromatic carbocycles. The van der Waals surface area contributed by atoms with Crippen LogP contribution in [0.2, 0.25) is 5.02 Å². The largest absolute Gasteiger partial charge is 0.493 e. The van der Waals surface area contributed by atoms with E-state index in [0.717, 1.165) is 23.3 Å². The highest BCUT2D eigenvalue weighted by Crippen LogP contribution is 2.41. The molecule has 0 saturated heterocycles.